The minimum atomic E-state index is 0.0582. The van der Waals surface area contributed by atoms with Gasteiger partial charge < -0.3 is 9.80 Å². The first-order chi connectivity index (χ1) is 11.2. The fraction of sp³-hybridized carbons (Fsp3) is 0.706. The Kier molecular flexibility index (Phi) is 3.87. The van der Waals surface area contributed by atoms with Crippen LogP contribution in [0.4, 0.5) is 0 Å². The first kappa shape index (κ1) is 15.1. The molecule has 3 fully saturated rings. The average Bonchev–Trinajstić information content (AvgIpc) is 3.21. The minimum absolute atomic E-state index is 0.0582. The highest BCUT2D eigenvalue weighted by Crippen LogP contribution is 2.42. The zero-order valence-electron chi connectivity index (χ0n) is 13.4. The second-order valence-electron chi connectivity index (χ2n) is 7.38. The molecule has 3 heterocycles. The van der Waals surface area contributed by atoms with E-state index in [1.54, 1.807) is 5.51 Å². The van der Waals surface area contributed by atoms with E-state index in [1.165, 1.54) is 24.2 Å². The van der Waals surface area contributed by atoms with Crippen LogP contribution in [-0.2, 0) is 4.79 Å². The molecule has 6 heteroatoms. The van der Waals surface area contributed by atoms with Crippen LogP contribution in [0.3, 0.4) is 0 Å². The Balaban J connectivity index is 1.38. The van der Waals surface area contributed by atoms with E-state index in [2.05, 4.69) is 9.88 Å². The molecule has 5 nitrogen and oxygen atoms in total. The third-order valence-corrected chi connectivity index (χ3v) is 6.27. The molecule has 0 atom stereocenters. The summed E-state index contributed by atoms with van der Waals surface area (Å²) in [6, 6.07) is 0. The van der Waals surface area contributed by atoms with E-state index in [-0.39, 0.29) is 11.3 Å². The van der Waals surface area contributed by atoms with Crippen molar-refractivity contribution in [3.63, 3.8) is 0 Å². The van der Waals surface area contributed by atoms with Gasteiger partial charge in [0.15, 0.2) is 0 Å². The first-order valence-corrected chi connectivity index (χ1v) is 9.55. The van der Waals surface area contributed by atoms with Crippen molar-refractivity contribution in [2.75, 3.05) is 26.2 Å². The van der Waals surface area contributed by atoms with Gasteiger partial charge in [0.25, 0.3) is 5.91 Å². The lowest BCUT2D eigenvalue weighted by Gasteiger charge is -2.47. The summed E-state index contributed by atoms with van der Waals surface area (Å²) in [5.41, 5.74) is 2.52. The lowest BCUT2D eigenvalue weighted by Crippen LogP contribution is -2.52. The lowest BCUT2D eigenvalue weighted by molar-refractivity contribution is -0.139. The van der Waals surface area contributed by atoms with Crippen molar-refractivity contribution in [1.82, 2.24) is 14.8 Å². The summed E-state index contributed by atoms with van der Waals surface area (Å²) in [4.78, 5) is 32.7. The van der Waals surface area contributed by atoms with Crippen LogP contribution in [0, 0.1) is 11.3 Å². The van der Waals surface area contributed by atoms with Crippen LogP contribution in [0.2, 0.25) is 0 Å². The van der Waals surface area contributed by atoms with Crippen LogP contribution in [0.1, 0.15) is 49.0 Å². The van der Waals surface area contributed by atoms with E-state index >= 15 is 0 Å². The van der Waals surface area contributed by atoms with Gasteiger partial charge in [0.2, 0.25) is 5.91 Å². The summed E-state index contributed by atoms with van der Waals surface area (Å²) >= 11 is 1.46. The van der Waals surface area contributed by atoms with Crippen LogP contribution >= 0.6 is 11.3 Å². The number of aromatic nitrogens is 1. The third-order valence-electron chi connectivity index (χ3n) is 5.69. The predicted molar refractivity (Wildman–Crippen MR) is 88.2 cm³/mol. The fourth-order valence-electron chi connectivity index (χ4n) is 3.95. The van der Waals surface area contributed by atoms with Gasteiger partial charge in [0.1, 0.15) is 5.69 Å². The summed E-state index contributed by atoms with van der Waals surface area (Å²) in [7, 11) is 0. The van der Waals surface area contributed by atoms with E-state index in [9.17, 15) is 9.59 Å². The van der Waals surface area contributed by atoms with E-state index in [1.807, 2.05) is 10.3 Å². The van der Waals surface area contributed by atoms with Crippen molar-refractivity contribution in [3.8, 4) is 0 Å². The Labute approximate surface area is 140 Å². The van der Waals surface area contributed by atoms with Crippen LogP contribution < -0.4 is 0 Å². The van der Waals surface area contributed by atoms with Crippen molar-refractivity contribution in [1.29, 1.82) is 0 Å². The van der Waals surface area contributed by atoms with E-state index in [4.69, 9.17) is 0 Å². The zero-order chi connectivity index (χ0) is 15.9. The molecule has 3 aliphatic rings. The molecule has 0 N–H and O–H groups in total. The molecule has 1 spiro atoms. The SMILES string of the molecule is O=C1CCC2(CCN(C(=O)c3cscn3)CC2)CN1CC1CC1. The number of hydrogen-bond donors (Lipinski definition) is 0. The Morgan fingerprint density at radius 1 is 1.30 bits per heavy atom. The van der Waals surface area contributed by atoms with Gasteiger partial charge in [0.05, 0.1) is 5.51 Å². The number of nitrogens with zero attached hydrogens (tertiary/aromatic N) is 3. The topological polar surface area (TPSA) is 53.5 Å². The van der Waals surface area contributed by atoms with Crippen molar-refractivity contribution in [3.05, 3.63) is 16.6 Å². The number of piperidine rings is 2. The number of carbonyl (C=O) groups excluding carboxylic acids is 2. The molecule has 1 saturated carbocycles. The van der Waals surface area contributed by atoms with Gasteiger partial charge in [-0.25, -0.2) is 4.98 Å². The first-order valence-electron chi connectivity index (χ1n) is 8.60. The van der Waals surface area contributed by atoms with E-state index < -0.39 is 0 Å². The van der Waals surface area contributed by atoms with Gasteiger partial charge in [-0.3, -0.25) is 9.59 Å². The van der Waals surface area contributed by atoms with Crippen molar-refractivity contribution >= 4 is 23.2 Å². The van der Waals surface area contributed by atoms with Gasteiger partial charge in [-0.05, 0) is 43.4 Å². The highest BCUT2D eigenvalue weighted by atomic mass is 32.1. The molecule has 4 rings (SSSR count). The number of rotatable bonds is 3. The lowest BCUT2D eigenvalue weighted by atomic mass is 9.72. The molecule has 0 unspecified atom stereocenters. The smallest absolute Gasteiger partial charge is 0.273 e. The molecule has 124 valence electrons. The summed E-state index contributed by atoms with van der Waals surface area (Å²) in [6.45, 7) is 3.45. The number of hydrogen-bond acceptors (Lipinski definition) is 4. The van der Waals surface area contributed by atoms with Crippen molar-refractivity contribution < 1.29 is 9.59 Å². The maximum atomic E-state index is 12.4. The molecule has 0 radical (unpaired) electrons. The number of likely N-dealkylation sites (tertiary alicyclic amines) is 2. The maximum Gasteiger partial charge on any atom is 0.273 e. The van der Waals surface area contributed by atoms with E-state index in [0.717, 1.165) is 51.4 Å². The molecule has 2 aliphatic heterocycles. The van der Waals surface area contributed by atoms with Crippen LogP contribution in [0.15, 0.2) is 10.9 Å². The molecule has 1 aromatic heterocycles. The molecule has 23 heavy (non-hydrogen) atoms. The Hall–Kier alpha value is -1.43. The van der Waals surface area contributed by atoms with Crippen molar-refractivity contribution in [2.45, 2.75) is 38.5 Å². The van der Waals surface area contributed by atoms with Crippen LogP contribution in [0.5, 0.6) is 0 Å². The Bertz CT molecular complexity index is 589. The van der Waals surface area contributed by atoms with E-state index in [0.29, 0.717) is 18.0 Å². The number of carbonyl (C=O) groups is 2. The van der Waals surface area contributed by atoms with Gasteiger partial charge in [0, 0.05) is 38.0 Å². The van der Waals surface area contributed by atoms with Crippen molar-refractivity contribution in [2.24, 2.45) is 11.3 Å². The van der Waals surface area contributed by atoms with Gasteiger partial charge in [-0.15, -0.1) is 11.3 Å². The largest absolute Gasteiger partial charge is 0.342 e. The highest BCUT2D eigenvalue weighted by Gasteiger charge is 2.42. The average molecular weight is 333 g/mol. The van der Waals surface area contributed by atoms with Gasteiger partial charge in [-0.2, -0.15) is 0 Å². The third kappa shape index (κ3) is 3.13. The molecule has 2 amide bonds. The second-order valence-corrected chi connectivity index (χ2v) is 8.10. The number of thiazole rings is 1. The van der Waals surface area contributed by atoms with Gasteiger partial charge >= 0.3 is 0 Å². The predicted octanol–water partition coefficient (Wildman–Crippen LogP) is 2.40. The highest BCUT2D eigenvalue weighted by molar-refractivity contribution is 7.07. The Morgan fingerprint density at radius 2 is 2.09 bits per heavy atom. The minimum Gasteiger partial charge on any atom is -0.342 e. The van der Waals surface area contributed by atoms with Gasteiger partial charge in [-0.1, -0.05) is 0 Å². The summed E-state index contributed by atoms with van der Waals surface area (Å²) in [5.74, 6) is 1.15. The molecule has 0 aromatic carbocycles. The molecule has 1 aliphatic carbocycles. The maximum absolute atomic E-state index is 12.4. The van der Waals surface area contributed by atoms with Crippen LogP contribution in [0.25, 0.3) is 0 Å². The molecular formula is C17H23N3O2S. The normalized spacial score (nSPS) is 24.3. The Morgan fingerprint density at radius 3 is 2.74 bits per heavy atom. The summed E-state index contributed by atoms with van der Waals surface area (Å²) < 4.78 is 0. The second kappa shape index (κ2) is 5.89. The summed E-state index contributed by atoms with van der Waals surface area (Å²) in [6.07, 6.45) is 6.27. The molecule has 1 aromatic rings. The molecular weight excluding hydrogens is 310 g/mol. The van der Waals surface area contributed by atoms with Crippen LogP contribution in [-0.4, -0.2) is 52.8 Å². The standard InChI is InChI=1S/C17H23N3O2S/c21-15-3-4-17(11-20(15)9-13-1-2-13)5-7-19(8-6-17)16(22)14-10-23-12-18-14/h10,12-13H,1-9,11H2. The quantitative estimate of drug-likeness (QED) is 0.853. The fourth-order valence-corrected chi connectivity index (χ4v) is 4.48. The monoisotopic (exact) mass is 333 g/mol. The zero-order valence-corrected chi connectivity index (χ0v) is 14.2. The number of amides is 2. The molecule has 2 saturated heterocycles. The molecule has 0 bridgehead atoms. The summed E-state index contributed by atoms with van der Waals surface area (Å²) in [5, 5.41) is 1.82.